The highest BCUT2D eigenvalue weighted by atomic mass is 35.5. The fraction of sp³-hybridized carbons (Fsp3) is 0.206. The summed E-state index contributed by atoms with van der Waals surface area (Å²) in [7, 11) is 0. The summed E-state index contributed by atoms with van der Waals surface area (Å²) in [6.45, 7) is 0.0979. The van der Waals surface area contributed by atoms with E-state index < -0.39 is 34.8 Å². The smallest absolute Gasteiger partial charge is 0.337 e. The van der Waals surface area contributed by atoms with E-state index in [2.05, 4.69) is 15.3 Å². The highest BCUT2D eigenvalue weighted by molar-refractivity contribution is 5.93. The number of halogens is 3. The maximum atomic E-state index is 14.5. The van der Waals surface area contributed by atoms with E-state index in [-0.39, 0.29) is 41.7 Å². The van der Waals surface area contributed by atoms with Gasteiger partial charge in [-0.05, 0) is 66.6 Å². The van der Waals surface area contributed by atoms with Crippen LogP contribution in [0.5, 0.6) is 0 Å². The second kappa shape index (κ2) is 12.9. The normalized spacial score (nSPS) is 16.2. The number of nitrogens with one attached hydrogen (secondary N) is 1. The number of carbonyl (C=O) groups excluding carboxylic acids is 1. The van der Waals surface area contributed by atoms with E-state index in [1.165, 1.54) is 38.1 Å². The minimum Gasteiger partial charge on any atom is -0.348 e. The molecule has 0 saturated heterocycles. The fourth-order valence-corrected chi connectivity index (χ4v) is 6.42. The number of hydrogen-bond acceptors (Lipinski definition) is 6. The number of pyridine rings is 2. The van der Waals surface area contributed by atoms with Crippen molar-refractivity contribution >= 4 is 35.0 Å². The van der Waals surface area contributed by atoms with E-state index in [0.29, 0.717) is 42.6 Å². The first-order valence-corrected chi connectivity index (χ1v) is 15.0. The van der Waals surface area contributed by atoms with Crippen molar-refractivity contribution in [1.82, 2.24) is 28.8 Å². The Morgan fingerprint density at radius 1 is 0.936 bits per heavy atom. The zero-order valence-corrected chi connectivity index (χ0v) is 25.8. The largest absolute Gasteiger partial charge is 0.348 e. The van der Waals surface area contributed by atoms with Crippen molar-refractivity contribution in [2.45, 2.75) is 44.3 Å². The maximum Gasteiger partial charge on any atom is 0.337 e. The highest BCUT2D eigenvalue weighted by Gasteiger charge is 2.29. The molecule has 1 amide bonds. The number of aromatic nitrogens is 5. The molecule has 2 aromatic carbocycles. The molecule has 3 N–H and O–H groups in total. The Morgan fingerprint density at radius 3 is 2.45 bits per heavy atom. The molecule has 1 aliphatic carbocycles. The zero-order chi connectivity index (χ0) is 31.9. The molecule has 1 saturated carbocycles. The SMILES string of the molecule is Cl.NCc1c(-c2ccccc2)cccc1-n1c(=O)n(C2CCC(NC(=O)c3cn4cc(F)ccc4n3)CC2)c(=O)c2cc(F)cnc21. The van der Waals surface area contributed by atoms with Crippen molar-refractivity contribution in [2.24, 2.45) is 5.73 Å². The molecule has 1 fully saturated rings. The molecule has 240 valence electrons. The summed E-state index contributed by atoms with van der Waals surface area (Å²) in [5.74, 6) is -1.54. The van der Waals surface area contributed by atoms with E-state index >= 15 is 0 Å². The van der Waals surface area contributed by atoms with Crippen molar-refractivity contribution in [2.75, 3.05) is 0 Å². The number of rotatable bonds is 6. The van der Waals surface area contributed by atoms with Crippen LogP contribution in [0.4, 0.5) is 8.78 Å². The van der Waals surface area contributed by atoms with Gasteiger partial charge in [-0.25, -0.2) is 28.1 Å². The molecule has 13 heteroatoms. The van der Waals surface area contributed by atoms with Gasteiger partial charge in [0.25, 0.3) is 11.5 Å². The quantitative estimate of drug-likeness (QED) is 0.261. The van der Waals surface area contributed by atoms with Gasteiger partial charge >= 0.3 is 5.69 Å². The van der Waals surface area contributed by atoms with Gasteiger partial charge in [0.15, 0.2) is 5.65 Å². The lowest BCUT2D eigenvalue weighted by Crippen LogP contribution is -2.45. The summed E-state index contributed by atoms with van der Waals surface area (Å²) >= 11 is 0. The molecule has 0 radical (unpaired) electrons. The van der Waals surface area contributed by atoms with E-state index in [1.807, 2.05) is 42.5 Å². The van der Waals surface area contributed by atoms with Gasteiger partial charge in [-0.1, -0.05) is 42.5 Å². The Morgan fingerprint density at radius 2 is 1.70 bits per heavy atom. The molecule has 1 aliphatic rings. The third-order valence-corrected chi connectivity index (χ3v) is 8.62. The first-order valence-electron chi connectivity index (χ1n) is 15.0. The first kappa shape index (κ1) is 31.8. The first-order chi connectivity index (χ1) is 22.3. The highest BCUT2D eigenvalue weighted by Crippen LogP contribution is 2.30. The molecule has 4 aromatic heterocycles. The van der Waals surface area contributed by atoms with Crippen molar-refractivity contribution in [3.8, 4) is 16.8 Å². The second-order valence-electron chi connectivity index (χ2n) is 11.4. The molecule has 7 rings (SSSR count). The van der Waals surface area contributed by atoms with E-state index in [1.54, 1.807) is 6.07 Å². The summed E-state index contributed by atoms with van der Waals surface area (Å²) in [5.41, 5.74) is 8.55. The summed E-state index contributed by atoms with van der Waals surface area (Å²) < 4.78 is 32.0. The number of carbonyl (C=O) groups is 1. The van der Waals surface area contributed by atoms with Crippen molar-refractivity contribution in [3.05, 3.63) is 129 Å². The van der Waals surface area contributed by atoms with Crippen LogP contribution in [-0.2, 0) is 6.54 Å². The number of nitrogens with zero attached hydrogens (tertiary/aromatic N) is 5. The fourth-order valence-electron chi connectivity index (χ4n) is 6.42. The lowest BCUT2D eigenvalue weighted by molar-refractivity contribution is 0.0917. The minimum atomic E-state index is -0.695. The predicted molar refractivity (Wildman–Crippen MR) is 176 cm³/mol. The maximum absolute atomic E-state index is 14.5. The number of imidazole rings is 1. The molecule has 6 aromatic rings. The van der Waals surface area contributed by atoms with Gasteiger partial charge in [-0.3, -0.25) is 14.2 Å². The molecule has 0 aliphatic heterocycles. The van der Waals surface area contributed by atoms with E-state index in [0.717, 1.165) is 23.4 Å². The Labute approximate surface area is 272 Å². The molecule has 47 heavy (non-hydrogen) atoms. The van der Waals surface area contributed by atoms with Gasteiger partial charge in [0.2, 0.25) is 0 Å². The van der Waals surface area contributed by atoms with E-state index in [9.17, 15) is 23.2 Å². The minimum absolute atomic E-state index is 0. The lowest BCUT2D eigenvalue weighted by Gasteiger charge is -2.30. The Balaban J connectivity index is 0.00000386. The van der Waals surface area contributed by atoms with Crippen LogP contribution in [-0.4, -0.2) is 35.5 Å². The number of benzene rings is 2. The van der Waals surface area contributed by atoms with Crippen LogP contribution < -0.4 is 22.3 Å². The molecule has 4 heterocycles. The Kier molecular flexibility index (Phi) is 8.71. The topological polar surface area (TPSA) is 129 Å². The van der Waals surface area contributed by atoms with Gasteiger partial charge in [0, 0.05) is 31.0 Å². The van der Waals surface area contributed by atoms with E-state index in [4.69, 9.17) is 5.73 Å². The number of fused-ring (bicyclic) bond motifs is 2. The van der Waals surface area contributed by atoms with Gasteiger partial charge in [-0.2, -0.15) is 0 Å². The van der Waals surface area contributed by atoms with Crippen LogP contribution in [0.25, 0.3) is 33.5 Å². The van der Waals surface area contributed by atoms with Gasteiger partial charge in [0.1, 0.15) is 23.0 Å². The summed E-state index contributed by atoms with van der Waals surface area (Å²) in [6, 6.07) is 18.2. The average Bonchev–Trinajstić information content (AvgIpc) is 3.50. The number of nitrogens with two attached hydrogens (primary N) is 1. The van der Waals surface area contributed by atoms with Crippen LogP contribution in [0, 0.1) is 11.6 Å². The molecule has 0 unspecified atom stereocenters. The summed E-state index contributed by atoms with van der Waals surface area (Å²) in [6.07, 6.45) is 5.50. The lowest BCUT2D eigenvalue weighted by atomic mass is 9.90. The van der Waals surface area contributed by atoms with Gasteiger partial charge in [-0.15, -0.1) is 12.4 Å². The number of hydrogen-bond donors (Lipinski definition) is 2. The molecule has 0 bridgehead atoms. The zero-order valence-electron chi connectivity index (χ0n) is 25.0. The molecule has 0 atom stereocenters. The average molecular weight is 658 g/mol. The van der Waals surface area contributed by atoms with Crippen LogP contribution in [0.15, 0.2) is 94.9 Å². The van der Waals surface area contributed by atoms with Crippen molar-refractivity contribution in [3.63, 3.8) is 0 Å². The summed E-state index contributed by atoms with van der Waals surface area (Å²) in [4.78, 5) is 49.5. The van der Waals surface area contributed by atoms with Crippen LogP contribution in [0.2, 0.25) is 0 Å². The Bertz CT molecular complexity index is 2240. The predicted octanol–water partition coefficient (Wildman–Crippen LogP) is 4.93. The summed E-state index contributed by atoms with van der Waals surface area (Å²) in [5, 5.41) is 2.95. The van der Waals surface area contributed by atoms with Crippen molar-refractivity contribution in [1.29, 1.82) is 0 Å². The van der Waals surface area contributed by atoms with Gasteiger partial charge in [0.05, 0.1) is 17.3 Å². The van der Waals surface area contributed by atoms with Crippen LogP contribution in [0.1, 0.15) is 47.8 Å². The van der Waals surface area contributed by atoms with Gasteiger partial charge < -0.3 is 15.5 Å². The Hall–Kier alpha value is -5.20. The second-order valence-corrected chi connectivity index (χ2v) is 11.4. The molecular weight excluding hydrogens is 628 g/mol. The van der Waals surface area contributed by atoms with Crippen LogP contribution in [0.3, 0.4) is 0 Å². The van der Waals surface area contributed by atoms with Crippen LogP contribution >= 0.6 is 12.4 Å². The third-order valence-electron chi connectivity index (χ3n) is 8.62. The number of amides is 1. The third kappa shape index (κ3) is 5.81. The molecular formula is C34H30ClF2N7O3. The molecule has 0 spiro atoms. The van der Waals surface area contributed by atoms with Crippen molar-refractivity contribution < 1.29 is 13.6 Å². The molecule has 10 nitrogen and oxygen atoms in total. The standard InChI is InChI=1S/C34H29F2N7O3.ClH/c35-21-9-14-30-40-28(19-41(30)18-21)32(44)39-23-10-12-24(13-11-23)42-33(45)26-15-22(36)17-38-31(26)43(34(42)46)29-8-4-7-25(27(29)16-37)20-5-2-1-3-6-20;/h1-9,14-15,17-19,23-24H,10-13,16,37H2,(H,39,44);1H. The monoisotopic (exact) mass is 657 g/mol.